The second-order valence-electron chi connectivity index (χ2n) is 10.1. The maximum atomic E-state index is 13.7. The van der Waals surface area contributed by atoms with E-state index in [4.69, 9.17) is 24.3 Å². The molecule has 4 aromatic rings. The third kappa shape index (κ3) is 5.44. The van der Waals surface area contributed by atoms with Crippen molar-refractivity contribution in [2.75, 3.05) is 12.1 Å². The molecule has 0 saturated heterocycles. The van der Waals surface area contributed by atoms with Gasteiger partial charge in [-0.3, -0.25) is 4.79 Å². The average Bonchev–Trinajstić information content (AvgIpc) is 3.44. The lowest BCUT2D eigenvalue weighted by Gasteiger charge is -2.23. The molecule has 1 aromatic heterocycles. The second kappa shape index (κ2) is 10.9. The molecule has 1 atom stereocenters. The number of allylic oxidation sites excluding steroid dienone is 1. The van der Waals surface area contributed by atoms with Crippen molar-refractivity contribution < 1.29 is 32.2 Å². The first-order valence-corrected chi connectivity index (χ1v) is 14.9. The van der Waals surface area contributed by atoms with E-state index < -0.39 is 28.0 Å². The van der Waals surface area contributed by atoms with E-state index in [0.29, 0.717) is 40.1 Å². The number of amides is 1. The zero-order valence-electron chi connectivity index (χ0n) is 22.6. The Morgan fingerprint density at radius 2 is 1.79 bits per heavy atom. The lowest BCUT2D eigenvalue weighted by Crippen LogP contribution is -2.30. The summed E-state index contributed by atoms with van der Waals surface area (Å²) in [7, 11) is -3.86. The molecule has 0 saturated carbocycles. The predicted octanol–water partition coefficient (Wildman–Crippen LogP) is 4.67. The topological polar surface area (TPSA) is 147 Å². The molecule has 2 heterocycles. The molecule has 0 radical (unpaired) electrons. The Balaban J connectivity index is 1.29. The van der Waals surface area contributed by atoms with E-state index in [0.717, 1.165) is 35.2 Å². The van der Waals surface area contributed by atoms with Crippen LogP contribution in [-0.2, 0) is 26.0 Å². The summed E-state index contributed by atoms with van der Waals surface area (Å²) >= 11 is 0. The van der Waals surface area contributed by atoms with Gasteiger partial charge in [-0.25, -0.2) is 23.3 Å². The highest BCUT2D eigenvalue weighted by Crippen LogP contribution is 2.38. The number of nitrogens with one attached hydrogen (secondary N) is 1. The molecule has 6 rings (SSSR count). The predicted molar refractivity (Wildman–Crippen MR) is 156 cm³/mol. The van der Waals surface area contributed by atoms with Crippen molar-refractivity contribution in [2.45, 2.75) is 37.2 Å². The molecule has 42 heavy (non-hydrogen) atoms. The number of hydrogen-bond acceptors (Lipinski definition) is 8. The summed E-state index contributed by atoms with van der Waals surface area (Å²) in [6.07, 6.45) is 3.14. The monoisotopic (exact) mass is 585 g/mol. The number of pyridine rings is 1. The van der Waals surface area contributed by atoms with E-state index in [1.54, 1.807) is 0 Å². The van der Waals surface area contributed by atoms with Crippen LogP contribution in [0.1, 0.15) is 46.9 Å². The van der Waals surface area contributed by atoms with Gasteiger partial charge in [-0.15, -0.1) is 0 Å². The molecule has 0 fully saturated rings. The number of aromatic nitrogens is 1. The van der Waals surface area contributed by atoms with Crippen molar-refractivity contribution in [3.05, 3.63) is 89.1 Å². The summed E-state index contributed by atoms with van der Waals surface area (Å²) in [5, 5.41) is 8.42. The lowest BCUT2D eigenvalue weighted by atomic mass is 9.86. The maximum absolute atomic E-state index is 13.7. The molecular formula is C31H27N3O7S. The fourth-order valence-corrected chi connectivity index (χ4v) is 5.67. The Hall–Kier alpha value is -4.74. The van der Waals surface area contributed by atoms with E-state index in [9.17, 15) is 18.0 Å². The van der Waals surface area contributed by atoms with Crippen LogP contribution in [0.25, 0.3) is 22.6 Å². The Labute approximate surface area is 242 Å². The fraction of sp³-hybridized carbons (Fsp3) is 0.194. The van der Waals surface area contributed by atoms with E-state index in [1.807, 2.05) is 48.5 Å². The normalized spacial score (nSPS) is 15.7. The highest BCUT2D eigenvalue weighted by molar-refractivity contribution is 7.89. The number of carbonyl (C=O) groups excluding carboxylic acids is 2. The summed E-state index contributed by atoms with van der Waals surface area (Å²) < 4.78 is 39.6. The van der Waals surface area contributed by atoms with Crippen LogP contribution in [0.5, 0.6) is 11.5 Å². The van der Waals surface area contributed by atoms with E-state index in [1.165, 1.54) is 31.2 Å². The number of nitrogens with two attached hydrogens (primary N) is 1. The third-order valence-corrected chi connectivity index (χ3v) is 8.14. The number of sulfonamides is 1. The molecule has 0 spiro atoms. The number of para-hydroxylation sites is 1. The molecule has 1 aliphatic carbocycles. The van der Waals surface area contributed by atoms with Gasteiger partial charge < -0.3 is 19.5 Å². The van der Waals surface area contributed by atoms with E-state index >= 15 is 0 Å². The number of benzene rings is 3. The van der Waals surface area contributed by atoms with Gasteiger partial charge in [0.15, 0.2) is 17.6 Å². The molecule has 214 valence electrons. The van der Waals surface area contributed by atoms with Crippen LogP contribution in [0, 0.1) is 0 Å². The summed E-state index contributed by atoms with van der Waals surface area (Å²) in [6, 6.07) is 18.5. The summed E-state index contributed by atoms with van der Waals surface area (Å²) in [6.45, 7) is 1.67. The summed E-state index contributed by atoms with van der Waals surface area (Å²) in [4.78, 5) is 31.4. The first kappa shape index (κ1) is 27.4. The molecule has 0 bridgehead atoms. The smallest absolute Gasteiger partial charge is 0.339 e. The van der Waals surface area contributed by atoms with Gasteiger partial charge in [-0.2, -0.15) is 0 Å². The number of hydrogen-bond donors (Lipinski definition) is 2. The number of primary sulfonamides is 1. The Kier molecular flexibility index (Phi) is 7.13. The quantitative estimate of drug-likeness (QED) is 0.310. The molecule has 10 nitrogen and oxygen atoms in total. The maximum Gasteiger partial charge on any atom is 0.339 e. The number of carbonyl (C=O) groups is 2. The van der Waals surface area contributed by atoms with Crippen LogP contribution >= 0.6 is 0 Å². The van der Waals surface area contributed by atoms with Crippen molar-refractivity contribution in [3.63, 3.8) is 0 Å². The third-order valence-electron chi connectivity index (χ3n) is 7.22. The Bertz CT molecular complexity index is 1870. The van der Waals surface area contributed by atoms with Gasteiger partial charge in [0.1, 0.15) is 0 Å². The molecule has 1 amide bonds. The highest BCUT2D eigenvalue weighted by Gasteiger charge is 2.28. The van der Waals surface area contributed by atoms with Crippen molar-refractivity contribution in [2.24, 2.45) is 5.14 Å². The average molecular weight is 586 g/mol. The van der Waals surface area contributed by atoms with Crippen molar-refractivity contribution in [1.29, 1.82) is 0 Å². The van der Waals surface area contributed by atoms with E-state index in [-0.39, 0.29) is 11.7 Å². The number of anilines is 1. The van der Waals surface area contributed by atoms with Crippen LogP contribution in [-0.4, -0.2) is 38.2 Å². The lowest BCUT2D eigenvalue weighted by molar-refractivity contribution is -0.123. The van der Waals surface area contributed by atoms with Gasteiger partial charge in [0.25, 0.3) is 5.91 Å². The number of nitrogens with zero attached hydrogens (tertiary/aromatic N) is 1. The molecule has 2 aliphatic rings. The summed E-state index contributed by atoms with van der Waals surface area (Å²) in [5.41, 5.74) is 4.81. The molecule has 11 heteroatoms. The van der Waals surface area contributed by atoms with E-state index in [2.05, 4.69) is 5.32 Å². The van der Waals surface area contributed by atoms with Gasteiger partial charge in [0.2, 0.25) is 16.8 Å². The van der Waals surface area contributed by atoms with Gasteiger partial charge in [-0.1, -0.05) is 24.3 Å². The van der Waals surface area contributed by atoms with Gasteiger partial charge >= 0.3 is 5.97 Å². The SMILES string of the molecule is CC(OC(=O)c1c2c(nc3ccccc13)/C(=C\c1ccc3c(c1)OCO3)CCC2)C(=O)Nc1ccc(S(N)(=O)=O)cc1. The van der Waals surface area contributed by atoms with Crippen molar-refractivity contribution in [1.82, 2.24) is 4.98 Å². The Morgan fingerprint density at radius 1 is 1.02 bits per heavy atom. The minimum absolute atomic E-state index is 0.0822. The Morgan fingerprint density at radius 3 is 2.57 bits per heavy atom. The standard InChI is InChI=1S/C31H27N3O7S/c1-18(30(35)33-21-10-12-22(13-11-21)42(32,37)38)41-31(36)28-23-6-2-3-8-25(23)34-29-20(5-4-7-24(28)29)15-19-9-14-26-27(16-19)40-17-39-26/h2-3,6,8-16,18H,4-5,7,17H2,1H3,(H,33,35)(H2,32,37,38)/b20-15-. The van der Waals surface area contributed by atoms with Crippen molar-refractivity contribution in [3.8, 4) is 11.5 Å². The van der Waals surface area contributed by atoms with Crippen LogP contribution in [0.2, 0.25) is 0 Å². The highest BCUT2D eigenvalue weighted by atomic mass is 32.2. The molecule has 1 unspecified atom stereocenters. The molecule has 1 aliphatic heterocycles. The van der Waals surface area contributed by atoms with Gasteiger partial charge in [0.05, 0.1) is 21.7 Å². The molecular weight excluding hydrogens is 558 g/mol. The number of fused-ring (bicyclic) bond motifs is 3. The molecule has 3 aromatic carbocycles. The van der Waals surface area contributed by atoms with Gasteiger partial charge in [0, 0.05) is 11.1 Å². The largest absolute Gasteiger partial charge is 0.454 e. The fourth-order valence-electron chi connectivity index (χ4n) is 5.16. The minimum atomic E-state index is -3.86. The first-order valence-electron chi connectivity index (χ1n) is 13.3. The number of ether oxygens (including phenoxy) is 3. The zero-order valence-corrected chi connectivity index (χ0v) is 23.4. The number of esters is 1. The van der Waals surface area contributed by atoms with Gasteiger partial charge in [-0.05, 0) is 91.4 Å². The minimum Gasteiger partial charge on any atom is -0.454 e. The molecule has 3 N–H and O–H groups in total. The van der Waals surface area contributed by atoms with Crippen LogP contribution < -0.4 is 19.9 Å². The van der Waals surface area contributed by atoms with Crippen LogP contribution in [0.4, 0.5) is 5.69 Å². The zero-order chi connectivity index (χ0) is 29.4. The summed E-state index contributed by atoms with van der Waals surface area (Å²) in [5.74, 6) is 0.196. The number of rotatable bonds is 6. The van der Waals surface area contributed by atoms with Crippen LogP contribution in [0.3, 0.4) is 0 Å². The second-order valence-corrected chi connectivity index (χ2v) is 11.6. The first-order chi connectivity index (χ1) is 20.2. The van der Waals surface area contributed by atoms with Crippen LogP contribution in [0.15, 0.2) is 71.6 Å². The van der Waals surface area contributed by atoms with Crippen molar-refractivity contribution >= 4 is 50.1 Å².